The summed E-state index contributed by atoms with van der Waals surface area (Å²) in [7, 11) is 0. The Balaban J connectivity index is 1.52. The molecule has 2 aromatic carbocycles. The van der Waals surface area contributed by atoms with E-state index in [1.165, 1.54) is 11.8 Å². The summed E-state index contributed by atoms with van der Waals surface area (Å²) in [5.74, 6) is 0.669. The molecule has 0 atom stereocenters. The van der Waals surface area contributed by atoms with Gasteiger partial charge < -0.3 is 14.5 Å². The van der Waals surface area contributed by atoms with Crippen LogP contribution in [0.1, 0.15) is 0 Å². The second-order valence-electron chi connectivity index (χ2n) is 5.86. The Bertz CT molecular complexity index is 854. The number of amidine groups is 1. The average Bonchev–Trinajstić information content (AvgIpc) is 2.70. The molecule has 134 valence electrons. The molecule has 0 unspecified atom stereocenters. The molecule has 7 heteroatoms. The molecule has 1 fully saturated rings. The van der Waals surface area contributed by atoms with Crippen LogP contribution >= 0.6 is 11.8 Å². The maximum absolute atomic E-state index is 12.4. The predicted octanol–water partition coefficient (Wildman–Crippen LogP) is 2.56. The van der Waals surface area contributed by atoms with E-state index in [0.29, 0.717) is 37.1 Å². The van der Waals surface area contributed by atoms with E-state index in [2.05, 4.69) is 4.99 Å². The number of nitrogens with zero attached hydrogens (tertiary/aromatic N) is 4. The number of benzene rings is 2. The predicted molar refractivity (Wildman–Crippen MR) is 104 cm³/mol. The molecule has 0 spiro atoms. The highest BCUT2D eigenvalue weighted by Crippen LogP contribution is 2.20. The van der Waals surface area contributed by atoms with Crippen molar-refractivity contribution in [2.45, 2.75) is 0 Å². The summed E-state index contributed by atoms with van der Waals surface area (Å²) >= 11 is 1.44. The second-order valence-corrected chi connectivity index (χ2v) is 6.64. The van der Waals surface area contributed by atoms with Crippen LogP contribution in [0.2, 0.25) is 0 Å². The van der Waals surface area contributed by atoms with Gasteiger partial charge in [-0.25, -0.2) is 0 Å². The molecule has 0 saturated carbocycles. The first-order valence-corrected chi connectivity index (χ1v) is 9.59. The Morgan fingerprint density at radius 1 is 1.15 bits per heavy atom. The molecule has 6 nitrogen and oxygen atoms in total. The third-order valence-corrected chi connectivity index (χ3v) is 5.03. The van der Waals surface area contributed by atoms with Gasteiger partial charge in [-0.2, -0.15) is 5.26 Å². The second kappa shape index (κ2) is 8.59. The van der Waals surface area contributed by atoms with Crippen LogP contribution in [0.15, 0.2) is 47.5 Å². The molecule has 0 aliphatic carbocycles. The van der Waals surface area contributed by atoms with Gasteiger partial charge in [0.1, 0.15) is 5.75 Å². The standard InChI is InChI=1S/C19H20N4O2S/c1-26-19(21-14-20)23-10-8-22(9-11-23)18(24)13-25-17-7-6-15-4-2-3-5-16(15)12-17/h2-7,12H,8-11,13H2,1H3/b21-19-. The summed E-state index contributed by atoms with van der Waals surface area (Å²) in [6.07, 6.45) is 3.72. The molecule has 0 N–H and O–H groups in total. The van der Waals surface area contributed by atoms with E-state index in [9.17, 15) is 4.79 Å². The quantitative estimate of drug-likeness (QED) is 0.473. The number of piperazine rings is 1. The van der Waals surface area contributed by atoms with Crippen molar-refractivity contribution in [1.82, 2.24) is 9.80 Å². The number of carbonyl (C=O) groups is 1. The van der Waals surface area contributed by atoms with Gasteiger partial charge in [-0.15, -0.1) is 4.99 Å². The van der Waals surface area contributed by atoms with Crippen molar-refractivity contribution < 1.29 is 9.53 Å². The molecule has 26 heavy (non-hydrogen) atoms. The van der Waals surface area contributed by atoms with Crippen LogP contribution < -0.4 is 4.74 Å². The molecular weight excluding hydrogens is 348 g/mol. The third-order valence-electron chi connectivity index (χ3n) is 4.31. The van der Waals surface area contributed by atoms with Crippen molar-refractivity contribution in [3.05, 3.63) is 42.5 Å². The minimum Gasteiger partial charge on any atom is -0.484 e. The number of aliphatic imine (C=N–C) groups is 1. The van der Waals surface area contributed by atoms with E-state index < -0.39 is 0 Å². The molecule has 3 rings (SSSR count). The summed E-state index contributed by atoms with van der Waals surface area (Å²) in [5.41, 5.74) is 0. The van der Waals surface area contributed by atoms with E-state index in [-0.39, 0.29) is 12.5 Å². The molecule has 1 aliphatic heterocycles. The number of carbonyl (C=O) groups excluding carboxylic acids is 1. The van der Waals surface area contributed by atoms with Crippen molar-refractivity contribution in [3.63, 3.8) is 0 Å². The number of ether oxygens (including phenoxy) is 1. The number of fused-ring (bicyclic) bond motifs is 1. The number of nitriles is 1. The zero-order valence-corrected chi connectivity index (χ0v) is 15.4. The summed E-state index contributed by atoms with van der Waals surface area (Å²) in [4.78, 5) is 20.0. The van der Waals surface area contributed by atoms with Crippen LogP contribution in [-0.2, 0) is 4.79 Å². The van der Waals surface area contributed by atoms with Crippen LogP contribution in [0, 0.1) is 11.5 Å². The van der Waals surface area contributed by atoms with Crippen LogP contribution in [-0.4, -0.2) is 59.9 Å². The Hall–Kier alpha value is -2.72. The van der Waals surface area contributed by atoms with Crippen LogP contribution in [0.3, 0.4) is 0 Å². The lowest BCUT2D eigenvalue weighted by Crippen LogP contribution is -2.51. The third kappa shape index (κ3) is 4.27. The van der Waals surface area contributed by atoms with Gasteiger partial charge in [0.25, 0.3) is 5.91 Å². The zero-order chi connectivity index (χ0) is 18.4. The van der Waals surface area contributed by atoms with Gasteiger partial charge in [0.05, 0.1) is 0 Å². The molecule has 1 heterocycles. The fourth-order valence-electron chi connectivity index (χ4n) is 2.93. The first kappa shape index (κ1) is 18.1. The number of hydrogen-bond acceptors (Lipinski definition) is 5. The van der Waals surface area contributed by atoms with Crippen molar-refractivity contribution >= 4 is 33.6 Å². The molecule has 0 aromatic heterocycles. The molecule has 1 amide bonds. The van der Waals surface area contributed by atoms with Gasteiger partial charge in [0.15, 0.2) is 11.8 Å². The van der Waals surface area contributed by atoms with Gasteiger partial charge in [0, 0.05) is 26.2 Å². The molecule has 2 aromatic rings. The lowest BCUT2D eigenvalue weighted by Gasteiger charge is -2.35. The van der Waals surface area contributed by atoms with Crippen LogP contribution in [0.5, 0.6) is 5.75 Å². The van der Waals surface area contributed by atoms with E-state index >= 15 is 0 Å². The Labute approximate surface area is 157 Å². The Morgan fingerprint density at radius 2 is 1.85 bits per heavy atom. The van der Waals surface area contributed by atoms with E-state index in [0.717, 1.165) is 10.8 Å². The Morgan fingerprint density at radius 3 is 2.54 bits per heavy atom. The first-order chi connectivity index (χ1) is 12.7. The van der Waals surface area contributed by atoms with E-state index in [4.69, 9.17) is 10.00 Å². The lowest BCUT2D eigenvalue weighted by atomic mass is 10.1. The summed E-state index contributed by atoms with van der Waals surface area (Å²) in [6.45, 7) is 2.57. The molecule has 0 bridgehead atoms. The van der Waals surface area contributed by atoms with Crippen molar-refractivity contribution in [3.8, 4) is 11.9 Å². The van der Waals surface area contributed by atoms with Crippen molar-refractivity contribution in [2.75, 3.05) is 39.0 Å². The minimum atomic E-state index is -0.0271. The summed E-state index contributed by atoms with van der Waals surface area (Å²) in [5, 5.41) is 11.7. The first-order valence-electron chi connectivity index (χ1n) is 8.36. The fraction of sp³-hybridized carbons (Fsp3) is 0.316. The fourth-order valence-corrected chi connectivity index (χ4v) is 3.50. The van der Waals surface area contributed by atoms with Gasteiger partial charge in [-0.05, 0) is 29.2 Å². The highest BCUT2D eigenvalue weighted by Gasteiger charge is 2.23. The van der Waals surface area contributed by atoms with Crippen LogP contribution in [0.25, 0.3) is 10.8 Å². The van der Waals surface area contributed by atoms with Gasteiger partial charge in [-0.3, -0.25) is 4.79 Å². The number of rotatable bonds is 3. The highest BCUT2D eigenvalue weighted by atomic mass is 32.2. The minimum absolute atomic E-state index is 0.0271. The molecule has 0 radical (unpaired) electrons. The topological polar surface area (TPSA) is 68.9 Å². The van der Waals surface area contributed by atoms with Crippen LogP contribution in [0.4, 0.5) is 0 Å². The number of thioether (sulfide) groups is 1. The average molecular weight is 368 g/mol. The van der Waals surface area contributed by atoms with E-state index in [1.807, 2.05) is 59.8 Å². The van der Waals surface area contributed by atoms with Crippen molar-refractivity contribution in [1.29, 1.82) is 5.26 Å². The van der Waals surface area contributed by atoms with Gasteiger partial charge >= 0.3 is 0 Å². The molecule has 1 saturated heterocycles. The summed E-state index contributed by atoms with van der Waals surface area (Å²) in [6, 6.07) is 13.9. The molecule has 1 aliphatic rings. The maximum Gasteiger partial charge on any atom is 0.260 e. The largest absolute Gasteiger partial charge is 0.484 e. The van der Waals surface area contributed by atoms with Crippen molar-refractivity contribution in [2.24, 2.45) is 4.99 Å². The maximum atomic E-state index is 12.4. The zero-order valence-electron chi connectivity index (χ0n) is 14.6. The van der Waals surface area contributed by atoms with Gasteiger partial charge in [0.2, 0.25) is 6.19 Å². The smallest absolute Gasteiger partial charge is 0.260 e. The summed E-state index contributed by atoms with van der Waals surface area (Å²) < 4.78 is 5.69. The number of hydrogen-bond donors (Lipinski definition) is 0. The monoisotopic (exact) mass is 368 g/mol. The van der Waals surface area contributed by atoms with E-state index in [1.54, 1.807) is 4.90 Å². The Kier molecular flexibility index (Phi) is 5.97. The van der Waals surface area contributed by atoms with Gasteiger partial charge in [-0.1, -0.05) is 42.1 Å². The SMILES string of the molecule is CS/C(=N\C#N)N1CCN(C(=O)COc2ccc3ccccc3c2)CC1. The molecular formula is C19H20N4O2S. The number of amides is 1. The highest BCUT2D eigenvalue weighted by molar-refractivity contribution is 8.13. The normalized spacial score (nSPS) is 15.0. The lowest BCUT2D eigenvalue weighted by molar-refractivity contribution is -0.134.